The van der Waals surface area contributed by atoms with E-state index in [1.54, 1.807) is 12.3 Å². The second kappa shape index (κ2) is 4.39. The molecule has 0 aliphatic rings. The molecule has 2 N–H and O–H groups in total. The van der Waals surface area contributed by atoms with Gasteiger partial charge < -0.3 is 5.73 Å². The minimum Gasteiger partial charge on any atom is -0.368 e. The Morgan fingerprint density at radius 1 is 1.62 bits per heavy atom. The molecule has 1 aromatic heterocycles. The van der Waals surface area contributed by atoms with Gasteiger partial charge in [-0.3, -0.25) is 9.78 Å². The molecule has 0 radical (unpaired) electrons. The van der Waals surface area contributed by atoms with Gasteiger partial charge in [0, 0.05) is 15.1 Å². The van der Waals surface area contributed by atoms with E-state index in [4.69, 9.17) is 17.3 Å². The summed E-state index contributed by atoms with van der Waals surface area (Å²) in [5, 5.41) is -0.900. The number of aromatic nitrogens is 1. The average Bonchev–Trinajstić information content (AvgIpc) is 2.03. The van der Waals surface area contributed by atoms with Crippen molar-refractivity contribution < 1.29 is 4.79 Å². The SMILES string of the molecule is NC(=O)C(Cl)c1ncc(Br)cc1Br. The van der Waals surface area contributed by atoms with Gasteiger partial charge in [-0.1, -0.05) is 0 Å². The molecule has 0 spiro atoms. The van der Waals surface area contributed by atoms with Crippen LogP contribution in [0.1, 0.15) is 11.1 Å². The van der Waals surface area contributed by atoms with Crippen molar-refractivity contribution in [2.24, 2.45) is 5.73 Å². The van der Waals surface area contributed by atoms with Gasteiger partial charge in [0.15, 0.2) is 5.38 Å². The van der Waals surface area contributed by atoms with Gasteiger partial charge in [0.05, 0.1) is 5.69 Å². The third-order valence-corrected chi connectivity index (χ3v) is 2.82. The smallest absolute Gasteiger partial charge is 0.241 e. The number of carbonyl (C=O) groups is 1. The fourth-order valence-corrected chi connectivity index (χ4v) is 2.27. The van der Waals surface area contributed by atoms with Crippen LogP contribution in [0.5, 0.6) is 0 Å². The number of rotatable bonds is 2. The van der Waals surface area contributed by atoms with Crippen LogP contribution in [0.25, 0.3) is 0 Å². The second-order valence-corrected chi connectivity index (χ2v) is 4.49. The molecule has 1 amide bonds. The molecule has 1 atom stereocenters. The monoisotopic (exact) mass is 326 g/mol. The van der Waals surface area contributed by atoms with Crippen LogP contribution in [0.4, 0.5) is 0 Å². The summed E-state index contributed by atoms with van der Waals surface area (Å²) in [6, 6.07) is 1.75. The minimum absolute atomic E-state index is 0.428. The van der Waals surface area contributed by atoms with Crippen LogP contribution in [0, 0.1) is 0 Å². The Kier molecular flexibility index (Phi) is 3.70. The third-order valence-electron chi connectivity index (χ3n) is 1.33. The molecule has 70 valence electrons. The first-order valence-electron chi connectivity index (χ1n) is 3.26. The zero-order chi connectivity index (χ0) is 10.0. The van der Waals surface area contributed by atoms with Gasteiger partial charge in [-0.2, -0.15) is 0 Å². The molecule has 3 nitrogen and oxygen atoms in total. The summed E-state index contributed by atoms with van der Waals surface area (Å²) < 4.78 is 1.46. The number of primary amides is 1. The predicted octanol–water partition coefficient (Wildman–Crippen LogP) is 2.37. The highest BCUT2D eigenvalue weighted by Gasteiger charge is 2.18. The highest BCUT2D eigenvalue weighted by atomic mass is 79.9. The lowest BCUT2D eigenvalue weighted by Crippen LogP contribution is -2.18. The lowest BCUT2D eigenvalue weighted by atomic mass is 10.2. The Hall–Kier alpha value is -0.130. The number of alkyl halides is 1. The lowest BCUT2D eigenvalue weighted by Gasteiger charge is -2.06. The van der Waals surface area contributed by atoms with E-state index < -0.39 is 11.3 Å². The highest BCUT2D eigenvalue weighted by molar-refractivity contribution is 9.11. The van der Waals surface area contributed by atoms with Gasteiger partial charge in [-0.05, 0) is 37.9 Å². The Labute approximate surface area is 96.9 Å². The van der Waals surface area contributed by atoms with Crippen molar-refractivity contribution in [3.8, 4) is 0 Å². The van der Waals surface area contributed by atoms with Crippen molar-refractivity contribution in [2.75, 3.05) is 0 Å². The van der Waals surface area contributed by atoms with Crippen molar-refractivity contribution >= 4 is 49.4 Å². The Balaban J connectivity index is 3.08. The van der Waals surface area contributed by atoms with E-state index in [1.165, 1.54) is 0 Å². The van der Waals surface area contributed by atoms with Crippen molar-refractivity contribution in [1.29, 1.82) is 0 Å². The maximum Gasteiger partial charge on any atom is 0.241 e. The largest absolute Gasteiger partial charge is 0.368 e. The molecule has 0 aliphatic heterocycles. The van der Waals surface area contributed by atoms with E-state index in [2.05, 4.69) is 36.8 Å². The van der Waals surface area contributed by atoms with Crippen LogP contribution < -0.4 is 5.73 Å². The number of nitrogens with two attached hydrogens (primary N) is 1. The molecular formula is C7H5Br2ClN2O. The van der Waals surface area contributed by atoms with Crippen LogP contribution in [0.3, 0.4) is 0 Å². The van der Waals surface area contributed by atoms with E-state index >= 15 is 0 Å². The Bertz CT molecular complexity index is 345. The minimum atomic E-state index is -0.900. The molecule has 0 aromatic carbocycles. The number of hydrogen-bond donors (Lipinski definition) is 1. The highest BCUT2D eigenvalue weighted by Crippen LogP contribution is 2.27. The van der Waals surface area contributed by atoms with Crippen molar-refractivity contribution in [1.82, 2.24) is 4.98 Å². The molecule has 1 rings (SSSR count). The Morgan fingerprint density at radius 2 is 2.23 bits per heavy atom. The zero-order valence-corrected chi connectivity index (χ0v) is 10.2. The maximum absolute atomic E-state index is 10.8. The quantitative estimate of drug-likeness (QED) is 0.848. The first-order valence-corrected chi connectivity index (χ1v) is 5.29. The van der Waals surface area contributed by atoms with Crippen LogP contribution in [-0.2, 0) is 4.79 Å². The molecule has 6 heteroatoms. The van der Waals surface area contributed by atoms with Crippen LogP contribution in [0.15, 0.2) is 21.2 Å². The molecule has 0 saturated heterocycles. The van der Waals surface area contributed by atoms with E-state index in [1.807, 2.05) is 0 Å². The summed E-state index contributed by atoms with van der Waals surface area (Å²) in [6.07, 6.45) is 1.55. The first kappa shape index (κ1) is 10.9. The fraction of sp³-hybridized carbons (Fsp3) is 0.143. The van der Waals surface area contributed by atoms with Crippen LogP contribution >= 0.6 is 43.5 Å². The van der Waals surface area contributed by atoms with E-state index in [0.29, 0.717) is 10.2 Å². The molecule has 1 heterocycles. The van der Waals surface area contributed by atoms with E-state index in [-0.39, 0.29) is 0 Å². The predicted molar refractivity (Wildman–Crippen MR) is 57.4 cm³/mol. The van der Waals surface area contributed by atoms with Crippen LogP contribution in [-0.4, -0.2) is 10.9 Å². The number of amides is 1. The summed E-state index contributed by atoms with van der Waals surface area (Å²) in [5.74, 6) is -0.614. The molecule has 13 heavy (non-hydrogen) atoms. The number of halogens is 3. The summed E-state index contributed by atoms with van der Waals surface area (Å²) in [5.41, 5.74) is 5.46. The van der Waals surface area contributed by atoms with Gasteiger partial charge in [-0.15, -0.1) is 11.6 Å². The molecule has 1 aromatic rings. The molecule has 0 aliphatic carbocycles. The van der Waals surface area contributed by atoms with Crippen molar-refractivity contribution in [3.63, 3.8) is 0 Å². The summed E-state index contributed by atoms with van der Waals surface area (Å²) >= 11 is 12.2. The normalized spacial score (nSPS) is 12.5. The number of nitrogens with zero attached hydrogens (tertiary/aromatic N) is 1. The maximum atomic E-state index is 10.8. The average molecular weight is 328 g/mol. The van der Waals surface area contributed by atoms with Gasteiger partial charge in [0.25, 0.3) is 0 Å². The topological polar surface area (TPSA) is 56.0 Å². The molecule has 0 fully saturated rings. The summed E-state index contributed by atoms with van der Waals surface area (Å²) in [6.45, 7) is 0. The van der Waals surface area contributed by atoms with Gasteiger partial charge in [0.1, 0.15) is 0 Å². The Morgan fingerprint density at radius 3 is 2.69 bits per heavy atom. The van der Waals surface area contributed by atoms with Crippen molar-refractivity contribution in [3.05, 3.63) is 26.9 Å². The van der Waals surface area contributed by atoms with Gasteiger partial charge in [0.2, 0.25) is 5.91 Å². The summed E-state index contributed by atoms with van der Waals surface area (Å²) in [7, 11) is 0. The standard InChI is InChI=1S/C7H5Br2ClN2O/c8-3-1-4(9)6(12-2-3)5(10)7(11)13/h1-2,5H,(H2,11,13). The number of hydrogen-bond acceptors (Lipinski definition) is 2. The van der Waals surface area contributed by atoms with Gasteiger partial charge in [-0.25, -0.2) is 0 Å². The van der Waals surface area contributed by atoms with Crippen molar-refractivity contribution in [2.45, 2.75) is 5.38 Å². The molecule has 1 unspecified atom stereocenters. The van der Waals surface area contributed by atoms with Gasteiger partial charge >= 0.3 is 0 Å². The lowest BCUT2D eigenvalue weighted by molar-refractivity contribution is -0.117. The second-order valence-electron chi connectivity index (χ2n) is 2.29. The first-order chi connectivity index (χ1) is 6.02. The van der Waals surface area contributed by atoms with E-state index in [9.17, 15) is 4.79 Å². The fourth-order valence-electron chi connectivity index (χ4n) is 0.746. The zero-order valence-electron chi connectivity index (χ0n) is 6.30. The molecule has 0 saturated carbocycles. The number of pyridine rings is 1. The third kappa shape index (κ3) is 2.65. The molecular weight excluding hydrogens is 323 g/mol. The van der Waals surface area contributed by atoms with Crippen LogP contribution in [0.2, 0.25) is 0 Å². The molecule has 0 bridgehead atoms. The van der Waals surface area contributed by atoms with E-state index in [0.717, 1.165) is 4.47 Å². The summed E-state index contributed by atoms with van der Waals surface area (Å²) in [4.78, 5) is 14.7. The number of carbonyl (C=O) groups excluding carboxylic acids is 1.